The van der Waals surface area contributed by atoms with Gasteiger partial charge in [0.05, 0.1) is 11.9 Å². The lowest BCUT2D eigenvalue weighted by molar-refractivity contribution is -0.119. The fraction of sp³-hybridized carbons (Fsp3) is 0.278. The number of hydrogen-bond donors (Lipinski definition) is 2. The molecule has 0 aliphatic heterocycles. The van der Waals surface area contributed by atoms with Crippen molar-refractivity contribution in [3.63, 3.8) is 0 Å². The molecule has 0 saturated carbocycles. The van der Waals surface area contributed by atoms with Crippen LogP contribution in [0.2, 0.25) is 0 Å². The summed E-state index contributed by atoms with van der Waals surface area (Å²) in [5.74, 6) is 0.908. The first-order valence-electron chi connectivity index (χ1n) is 8.27. The van der Waals surface area contributed by atoms with E-state index in [-0.39, 0.29) is 6.61 Å². The monoisotopic (exact) mass is 339 g/mol. The Kier molecular flexibility index (Phi) is 5.13. The number of carbonyl (C=O) groups is 1. The van der Waals surface area contributed by atoms with Crippen LogP contribution < -0.4 is 15.8 Å². The van der Waals surface area contributed by atoms with E-state index < -0.39 is 5.91 Å². The van der Waals surface area contributed by atoms with E-state index >= 15 is 0 Å². The van der Waals surface area contributed by atoms with Crippen LogP contribution in [0.25, 0.3) is 16.9 Å². The molecule has 0 saturated heterocycles. The molecule has 3 N–H and O–H groups in total. The third kappa shape index (κ3) is 4.06. The lowest BCUT2D eigenvalue weighted by Crippen LogP contribution is -2.19. The van der Waals surface area contributed by atoms with E-state index in [1.54, 1.807) is 18.3 Å². The van der Waals surface area contributed by atoms with E-state index in [1.807, 2.05) is 28.8 Å². The lowest BCUT2D eigenvalue weighted by Gasteiger charge is -2.07. The second-order valence-corrected chi connectivity index (χ2v) is 5.69. The fourth-order valence-electron chi connectivity index (χ4n) is 2.43. The molecule has 0 radical (unpaired) electrons. The normalized spacial score (nSPS) is 10.8. The third-order valence-electron chi connectivity index (χ3n) is 3.73. The highest BCUT2D eigenvalue weighted by atomic mass is 16.5. The molecule has 0 aliphatic carbocycles. The maximum absolute atomic E-state index is 10.8. The number of nitrogens with zero attached hydrogens (tertiary/aromatic N) is 3. The molecule has 0 fully saturated rings. The Morgan fingerprint density at radius 2 is 2.04 bits per heavy atom. The Hall–Kier alpha value is -3.09. The molecule has 2 heterocycles. The minimum absolute atomic E-state index is 0.136. The summed E-state index contributed by atoms with van der Waals surface area (Å²) in [6.45, 7) is 2.91. The number of primary amides is 1. The minimum Gasteiger partial charge on any atom is -0.484 e. The quantitative estimate of drug-likeness (QED) is 0.615. The molecule has 25 heavy (non-hydrogen) atoms. The van der Waals surface area contributed by atoms with Crippen molar-refractivity contribution in [1.82, 2.24) is 14.6 Å². The van der Waals surface area contributed by atoms with Gasteiger partial charge in [0.15, 0.2) is 12.3 Å². The summed E-state index contributed by atoms with van der Waals surface area (Å²) in [4.78, 5) is 15.2. The highest BCUT2D eigenvalue weighted by Crippen LogP contribution is 2.23. The Morgan fingerprint density at radius 3 is 2.76 bits per heavy atom. The highest BCUT2D eigenvalue weighted by Gasteiger charge is 2.08. The van der Waals surface area contributed by atoms with Crippen molar-refractivity contribution < 1.29 is 9.53 Å². The lowest BCUT2D eigenvalue weighted by atomic mass is 10.1. The summed E-state index contributed by atoms with van der Waals surface area (Å²) in [7, 11) is 0. The highest BCUT2D eigenvalue weighted by molar-refractivity contribution is 5.75. The summed E-state index contributed by atoms with van der Waals surface area (Å²) < 4.78 is 7.09. The number of anilines is 1. The first-order valence-corrected chi connectivity index (χ1v) is 8.27. The molecule has 1 amide bonds. The summed E-state index contributed by atoms with van der Waals surface area (Å²) in [5.41, 5.74) is 7.70. The number of amides is 1. The number of hydrogen-bond acceptors (Lipinski definition) is 5. The molecular formula is C18H21N5O2. The number of fused-ring (bicyclic) bond motifs is 1. The second kappa shape index (κ2) is 7.65. The van der Waals surface area contributed by atoms with E-state index in [0.29, 0.717) is 5.75 Å². The zero-order valence-electron chi connectivity index (χ0n) is 14.1. The number of aromatic nitrogens is 3. The van der Waals surface area contributed by atoms with Gasteiger partial charge in [0, 0.05) is 12.1 Å². The Bertz CT molecular complexity index is 858. The van der Waals surface area contributed by atoms with Crippen LogP contribution in [-0.4, -0.2) is 33.7 Å². The number of benzene rings is 1. The number of imidazole rings is 1. The summed E-state index contributed by atoms with van der Waals surface area (Å²) in [6, 6.07) is 11.3. The van der Waals surface area contributed by atoms with Crippen molar-refractivity contribution in [3.05, 3.63) is 42.6 Å². The summed E-state index contributed by atoms with van der Waals surface area (Å²) in [5, 5.41) is 7.94. The van der Waals surface area contributed by atoms with Crippen LogP contribution in [0.3, 0.4) is 0 Å². The van der Waals surface area contributed by atoms with E-state index in [4.69, 9.17) is 10.5 Å². The molecule has 7 nitrogen and oxygen atoms in total. The number of unbranched alkanes of at least 4 members (excludes halogenated alkanes) is 1. The zero-order valence-corrected chi connectivity index (χ0v) is 14.1. The van der Waals surface area contributed by atoms with Crippen LogP contribution in [0.1, 0.15) is 19.8 Å². The molecule has 2 aromatic heterocycles. The van der Waals surface area contributed by atoms with Gasteiger partial charge in [0.25, 0.3) is 5.91 Å². The van der Waals surface area contributed by atoms with Gasteiger partial charge in [-0.05, 0) is 42.8 Å². The number of rotatable bonds is 8. The van der Waals surface area contributed by atoms with E-state index in [1.165, 1.54) is 0 Å². The molecule has 0 spiro atoms. The fourth-order valence-corrected chi connectivity index (χ4v) is 2.43. The predicted molar refractivity (Wildman–Crippen MR) is 96.5 cm³/mol. The second-order valence-electron chi connectivity index (χ2n) is 5.69. The molecule has 0 bridgehead atoms. The maximum Gasteiger partial charge on any atom is 0.255 e. The standard InChI is InChI=1S/C18H21N5O2/c1-2-3-10-20-17-8-9-18-21-11-15(23(18)22-17)13-4-6-14(7-5-13)25-12-16(19)24/h4-9,11H,2-3,10,12H2,1H3,(H2,19,24)(H,20,22). The van der Waals surface area contributed by atoms with Gasteiger partial charge in [-0.1, -0.05) is 13.3 Å². The molecule has 7 heteroatoms. The average molecular weight is 339 g/mol. The van der Waals surface area contributed by atoms with Gasteiger partial charge < -0.3 is 15.8 Å². The molecule has 3 aromatic rings. The number of nitrogens with one attached hydrogen (secondary N) is 1. The van der Waals surface area contributed by atoms with Crippen molar-refractivity contribution in [2.24, 2.45) is 5.73 Å². The first kappa shape index (κ1) is 16.8. The third-order valence-corrected chi connectivity index (χ3v) is 3.73. The number of nitrogens with two attached hydrogens (primary N) is 1. The van der Waals surface area contributed by atoms with E-state index in [9.17, 15) is 4.79 Å². The van der Waals surface area contributed by atoms with Gasteiger partial charge in [-0.2, -0.15) is 0 Å². The Labute approximate surface area is 145 Å². The van der Waals surface area contributed by atoms with Gasteiger partial charge >= 0.3 is 0 Å². The molecule has 0 unspecified atom stereocenters. The van der Waals surface area contributed by atoms with Crippen LogP contribution in [0.15, 0.2) is 42.6 Å². The van der Waals surface area contributed by atoms with Crippen LogP contribution in [0.4, 0.5) is 5.82 Å². The van der Waals surface area contributed by atoms with Crippen molar-refractivity contribution in [2.45, 2.75) is 19.8 Å². The summed E-state index contributed by atoms with van der Waals surface area (Å²) in [6.07, 6.45) is 4.02. The number of carbonyl (C=O) groups excluding carboxylic acids is 1. The minimum atomic E-state index is -0.502. The maximum atomic E-state index is 10.8. The van der Waals surface area contributed by atoms with Crippen LogP contribution >= 0.6 is 0 Å². The van der Waals surface area contributed by atoms with Crippen molar-refractivity contribution in [1.29, 1.82) is 0 Å². The Morgan fingerprint density at radius 1 is 1.24 bits per heavy atom. The van der Waals surface area contributed by atoms with E-state index in [2.05, 4.69) is 22.3 Å². The average Bonchev–Trinajstić information content (AvgIpc) is 3.04. The SMILES string of the molecule is CCCCNc1ccc2ncc(-c3ccc(OCC(N)=O)cc3)n2n1. The largest absolute Gasteiger partial charge is 0.484 e. The van der Waals surface area contributed by atoms with Crippen molar-refractivity contribution in [2.75, 3.05) is 18.5 Å². The number of ether oxygens (including phenoxy) is 1. The van der Waals surface area contributed by atoms with Gasteiger partial charge in [-0.15, -0.1) is 5.10 Å². The predicted octanol–water partition coefficient (Wildman–Crippen LogP) is 2.47. The van der Waals surface area contributed by atoms with Crippen molar-refractivity contribution in [3.8, 4) is 17.0 Å². The topological polar surface area (TPSA) is 94.5 Å². The van der Waals surface area contributed by atoms with Gasteiger partial charge in [-0.25, -0.2) is 9.50 Å². The summed E-state index contributed by atoms with van der Waals surface area (Å²) >= 11 is 0. The molecule has 1 aromatic carbocycles. The van der Waals surface area contributed by atoms with E-state index in [0.717, 1.165) is 42.1 Å². The van der Waals surface area contributed by atoms with Gasteiger partial charge in [0.1, 0.15) is 11.6 Å². The molecule has 3 rings (SSSR count). The van der Waals surface area contributed by atoms with Crippen LogP contribution in [0, 0.1) is 0 Å². The van der Waals surface area contributed by atoms with Crippen LogP contribution in [0.5, 0.6) is 5.75 Å². The van der Waals surface area contributed by atoms with Gasteiger partial charge in [-0.3, -0.25) is 4.79 Å². The molecule has 0 aliphatic rings. The molecule has 130 valence electrons. The first-order chi connectivity index (χ1) is 12.2. The van der Waals surface area contributed by atoms with Crippen molar-refractivity contribution >= 4 is 17.4 Å². The Balaban J connectivity index is 1.82. The smallest absolute Gasteiger partial charge is 0.255 e. The van der Waals surface area contributed by atoms with Gasteiger partial charge in [0.2, 0.25) is 0 Å². The molecule has 0 atom stereocenters. The zero-order chi connectivity index (χ0) is 17.6. The van der Waals surface area contributed by atoms with Crippen LogP contribution in [-0.2, 0) is 4.79 Å². The molecular weight excluding hydrogens is 318 g/mol.